The third-order valence-corrected chi connectivity index (χ3v) is 3.28. The van der Waals surface area contributed by atoms with Gasteiger partial charge in [0.1, 0.15) is 6.04 Å². The highest BCUT2D eigenvalue weighted by Crippen LogP contribution is 2.29. The van der Waals surface area contributed by atoms with Crippen molar-refractivity contribution in [3.8, 4) is 0 Å². The third-order valence-electron chi connectivity index (χ3n) is 2.68. The first-order chi connectivity index (χ1) is 7.59. The number of likely N-dealkylation sites (tertiary alicyclic amines) is 1. The molecular weight excluding hydrogens is 272 g/mol. The molecule has 0 spiro atoms. The summed E-state index contributed by atoms with van der Waals surface area (Å²) in [5.41, 5.74) is 7.08. The van der Waals surface area contributed by atoms with Gasteiger partial charge in [-0.3, -0.25) is 9.78 Å². The van der Waals surface area contributed by atoms with E-state index in [0.717, 1.165) is 23.1 Å². The van der Waals surface area contributed by atoms with Gasteiger partial charge in [0.25, 0.3) is 0 Å². The van der Waals surface area contributed by atoms with E-state index in [2.05, 4.69) is 26.2 Å². The van der Waals surface area contributed by atoms with Crippen LogP contribution in [-0.4, -0.2) is 35.4 Å². The Kier molecular flexibility index (Phi) is 3.00. The zero-order chi connectivity index (χ0) is 11.7. The molecule has 3 N–H and O–H groups in total. The van der Waals surface area contributed by atoms with Gasteiger partial charge in [-0.05, 0) is 22.4 Å². The molecule has 5 nitrogen and oxygen atoms in total. The molecule has 2 heterocycles. The van der Waals surface area contributed by atoms with Crippen molar-refractivity contribution >= 4 is 33.2 Å². The van der Waals surface area contributed by atoms with Gasteiger partial charge < -0.3 is 16.0 Å². The largest absolute Gasteiger partial charge is 0.396 e. The van der Waals surface area contributed by atoms with E-state index in [-0.39, 0.29) is 11.9 Å². The number of aromatic nitrogens is 1. The molecule has 1 unspecified atom stereocenters. The van der Waals surface area contributed by atoms with Crippen LogP contribution in [0.4, 0.5) is 11.4 Å². The van der Waals surface area contributed by atoms with Gasteiger partial charge in [0.15, 0.2) is 0 Å². The Bertz CT molecular complexity index is 403. The van der Waals surface area contributed by atoms with Crippen LogP contribution in [0.2, 0.25) is 0 Å². The molecule has 0 radical (unpaired) electrons. The number of nitrogens with two attached hydrogens (primary N) is 1. The predicted molar refractivity (Wildman–Crippen MR) is 66.0 cm³/mol. The number of anilines is 2. The van der Waals surface area contributed by atoms with Crippen molar-refractivity contribution in [2.45, 2.75) is 12.5 Å². The standard InChI is InChI=1S/C10H13BrN4O/c1-15-3-2-8(10(15)16)14-9-6(11)4-13-5-7(9)12/h4-5,8H,2-3,12H2,1H3,(H,13,14). The van der Waals surface area contributed by atoms with Crippen molar-refractivity contribution in [2.24, 2.45) is 0 Å². The number of carbonyl (C=O) groups excluding carboxylic acids is 1. The molecule has 1 aliphatic rings. The van der Waals surface area contributed by atoms with Crippen LogP contribution < -0.4 is 11.1 Å². The van der Waals surface area contributed by atoms with E-state index in [9.17, 15) is 4.79 Å². The number of halogens is 1. The van der Waals surface area contributed by atoms with Gasteiger partial charge in [-0.15, -0.1) is 0 Å². The summed E-state index contributed by atoms with van der Waals surface area (Å²) in [4.78, 5) is 17.4. The number of likely N-dealkylation sites (N-methyl/N-ethyl adjacent to an activating group) is 1. The van der Waals surface area contributed by atoms with E-state index in [0.29, 0.717) is 5.69 Å². The molecule has 1 fully saturated rings. The van der Waals surface area contributed by atoms with Crippen LogP contribution in [0, 0.1) is 0 Å². The van der Waals surface area contributed by atoms with Crippen molar-refractivity contribution < 1.29 is 4.79 Å². The van der Waals surface area contributed by atoms with Crippen molar-refractivity contribution in [2.75, 3.05) is 24.6 Å². The predicted octanol–water partition coefficient (Wildman–Crippen LogP) is 1.07. The van der Waals surface area contributed by atoms with E-state index in [1.165, 1.54) is 0 Å². The van der Waals surface area contributed by atoms with Gasteiger partial charge in [-0.2, -0.15) is 0 Å². The number of nitrogens with one attached hydrogen (secondary N) is 1. The Labute approximate surface area is 102 Å². The number of hydrogen-bond acceptors (Lipinski definition) is 4. The summed E-state index contributed by atoms with van der Waals surface area (Å²) in [5, 5.41) is 3.15. The van der Waals surface area contributed by atoms with Gasteiger partial charge >= 0.3 is 0 Å². The molecule has 0 aromatic carbocycles. The minimum atomic E-state index is -0.189. The first-order valence-electron chi connectivity index (χ1n) is 5.00. The quantitative estimate of drug-likeness (QED) is 0.852. The highest BCUT2D eigenvalue weighted by Gasteiger charge is 2.29. The lowest BCUT2D eigenvalue weighted by Gasteiger charge is -2.15. The van der Waals surface area contributed by atoms with Crippen molar-refractivity contribution in [1.29, 1.82) is 0 Å². The average Bonchev–Trinajstić information content (AvgIpc) is 2.55. The molecule has 86 valence electrons. The number of nitrogen functional groups attached to an aromatic ring is 1. The van der Waals surface area contributed by atoms with Crippen LogP contribution in [0.15, 0.2) is 16.9 Å². The second kappa shape index (κ2) is 4.29. The van der Waals surface area contributed by atoms with E-state index in [1.807, 2.05) is 0 Å². The van der Waals surface area contributed by atoms with Gasteiger partial charge in [0.2, 0.25) is 5.91 Å². The summed E-state index contributed by atoms with van der Waals surface area (Å²) in [7, 11) is 1.80. The maximum Gasteiger partial charge on any atom is 0.244 e. The number of rotatable bonds is 2. The Hall–Kier alpha value is -1.30. The number of nitrogens with zero attached hydrogens (tertiary/aromatic N) is 2. The van der Waals surface area contributed by atoms with E-state index >= 15 is 0 Å². The van der Waals surface area contributed by atoms with E-state index in [1.54, 1.807) is 24.3 Å². The molecule has 16 heavy (non-hydrogen) atoms. The van der Waals surface area contributed by atoms with Crippen molar-refractivity contribution in [3.63, 3.8) is 0 Å². The van der Waals surface area contributed by atoms with Crippen LogP contribution in [0.3, 0.4) is 0 Å². The lowest BCUT2D eigenvalue weighted by molar-refractivity contribution is -0.127. The van der Waals surface area contributed by atoms with Crippen LogP contribution >= 0.6 is 15.9 Å². The Morgan fingerprint density at radius 1 is 1.62 bits per heavy atom. The zero-order valence-corrected chi connectivity index (χ0v) is 10.5. The van der Waals surface area contributed by atoms with Crippen LogP contribution in [0.5, 0.6) is 0 Å². The maximum atomic E-state index is 11.7. The van der Waals surface area contributed by atoms with Gasteiger partial charge in [0, 0.05) is 19.8 Å². The minimum Gasteiger partial charge on any atom is -0.396 e. The number of pyridine rings is 1. The van der Waals surface area contributed by atoms with Gasteiger partial charge in [-0.1, -0.05) is 0 Å². The van der Waals surface area contributed by atoms with Gasteiger partial charge in [-0.25, -0.2) is 0 Å². The fraction of sp³-hybridized carbons (Fsp3) is 0.400. The molecular formula is C10H13BrN4O. The summed E-state index contributed by atoms with van der Waals surface area (Å²) >= 11 is 3.36. The monoisotopic (exact) mass is 284 g/mol. The third kappa shape index (κ3) is 1.97. The van der Waals surface area contributed by atoms with Crippen LogP contribution in [0.25, 0.3) is 0 Å². The highest BCUT2D eigenvalue weighted by atomic mass is 79.9. The molecule has 2 rings (SSSR count). The molecule has 1 saturated heterocycles. The van der Waals surface area contributed by atoms with Crippen LogP contribution in [-0.2, 0) is 4.79 Å². The van der Waals surface area contributed by atoms with E-state index in [4.69, 9.17) is 5.73 Å². The Morgan fingerprint density at radius 3 is 2.94 bits per heavy atom. The maximum absolute atomic E-state index is 11.7. The SMILES string of the molecule is CN1CCC(Nc2c(N)cncc2Br)C1=O. The molecule has 0 saturated carbocycles. The second-order valence-electron chi connectivity index (χ2n) is 3.83. The zero-order valence-electron chi connectivity index (χ0n) is 8.90. The highest BCUT2D eigenvalue weighted by molar-refractivity contribution is 9.10. The summed E-state index contributed by atoms with van der Waals surface area (Å²) in [5.74, 6) is 0.100. The molecule has 0 aliphatic carbocycles. The molecule has 1 aliphatic heterocycles. The fourth-order valence-corrected chi connectivity index (χ4v) is 2.19. The van der Waals surface area contributed by atoms with Crippen molar-refractivity contribution in [1.82, 2.24) is 9.88 Å². The normalized spacial score (nSPS) is 20.2. The molecule has 0 bridgehead atoms. The summed E-state index contributed by atoms with van der Waals surface area (Å²) < 4.78 is 0.773. The molecule has 1 amide bonds. The van der Waals surface area contributed by atoms with Crippen molar-refractivity contribution in [3.05, 3.63) is 16.9 Å². The smallest absolute Gasteiger partial charge is 0.244 e. The topological polar surface area (TPSA) is 71.2 Å². The molecule has 1 atom stereocenters. The second-order valence-corrected chi connectivity index (χ2v) is 4.69. The Morgan fingerprint density at radius 2 is 2.38 bits per heavy atom. The molecule has 6 heteroatoms. The number of carbonyl (C=O) groups is 1. The fourth-order valence-electron chi connectivity index (χ4n) is 1.73. The minimum absolute atomic E-state index is 0.100. The first-order valence-corrected chi connectivity index (χ1v) is 5.79. The van der Waals surface area contributed by atoms with E-state index < -0.39 is 0 Å². The lowest BCUT2D eigenvalue weighted by Crippen LogP contribution is -2.31. The number of hydrogen-bond donors (Lipinski definition) is 2. The molecule has 1 aromatic heterocycles. The Balaban J connectivity index is 2.19. The number of amides is 1. The summed E-state index contributed by atoms with van der Waals surface area (Å²) in [6, 6.07) is -0.189. The average molecular weight is 285 g/mol. The summed E-state index contributed by atoms with van der Waals surface area (Å²) in [6.45, 7) is 0.777. The van der Waals surface area contributed by atoms with Gasteiger partial charge in [0.05, 0.1) is 22.0 Å². The first kappa shape index (κ1) is 11.2. The summed E-state index contributed by atoms with van der Waals surface area (Å²) in [6.07, 6.45) is 4.02. The van der Waals surface area contributed by atoms with Crippen LogP contribution in [0.1, 0.15) is 6.42 Å². The molecule has 1 aromatic rings. The lowest BCUT2D eigenvalue weighted by atomic mass is 10.2.